The summed E-state index contributed by atoms with van der Waals surface area (Å²) in [6.07, 6.45) is -0.805. The Morgan fingerprint density at radius 3 is 2.20 bits per heavy atom. The number of benzene rings is 2. The lowest BCUT2D eigenvalue weighted by Gasteiger charge is -2.22. The van der Waals surface area contributed by atoms with Gasteiger partial charge in [0.05, 0.1) is 5.69 Å². The number of ether oxygens (including phenoxy) is 1. The second-order valence-corrected chi connectivity index (χ2v) is 7.99. The SMILES string of the molecule is Cc1ccc(S(=O)(=O)O)c(NC(=O)OC(C)(C)C)c1-c1ccccc1. The van der Waals surface area contributed by atoms with E-state index in [1.165, 1.54) is 6.07 Å². The zero-order chi connectivity index (χ0) is 18.8. The van der Waals surface area contributed by atoms with Crippen molar-refractivity contribution in [2.45, 2.75) is 38.2 Å². The highest BCUT2D eigenvalue weighted by atomic mass is 32.2. The molecular formula is C18H21NO5S. The Labute approximate surface area is 147 Å². The van der Waals surface area contributed by atoms with Gasteiger partial charge in [-0.3, -0.25) is 9.87 Å². The van der Waals surface area contributed by atoms with Crippen LogP contribution in [-0.4, -0.2) is 24.7 Å². The minimum atomic E-state index is -4.54. The molecule has 134 valence electrons. The number of aryl methyl sites for hydroxylation is 1. The van der Waals surface area contributed by atoms with Crippen LogP contribution >= 0.6 is 0 Å². The van der Waals surface area contributed by atoms with Crippen LogP contribution in [0.25, 0.3) is 11.1 Å². The van der Waals surface area contributed by atoms with Crippen molar-refractivity contribution in [3.8, 4) is 11.1 Å². The Hall–Kier alpha value is -2.38. The summed E-state index contributed by atoms with van der Waals surface area (Å²) in [6.45, 7) is 6.89. The molecule has 0 aliphatic rings. The molecule has 2 N–H and O–H groups in total. The van der Waals surface area contributed by atoms with Crippen molar-refractivity contribution in [2.24, 2.45) is 0 Å². The van der Waals surface area contributed by atoms with E-state index >= 15 is 0 Å². The first kappa shape index (κ1) is 19.0. The fraction of sp³-hybridized carbons (Fsp3) is 0.278. The first-order valence-electron chi connectivity index (χ1n) is 7.65. The molecule has 7 heteroatoms. The number of carbonyl (C=O) groups excluding carboxylic acids is 1. The molecule has 0 radical (unpaired) electrons. The topological polar surface area (TPSA) is 92.7 Å². The van der Waals surface area contributed by atoms with Crippen molar-refractivity contribution >= 4 is 21.9 Å². The highest BCUT2D eigenvalue weighted by Gasteiger charge is 2.24. The van der Waals surface area contributed by atoms with Gasteiger partial charge >= 0.3 is 6.09 Å². The molecule has 0 spiro atoms. The monoisotopic (exact) mass is 363 g/mol. The molecule has 0 unspecified atom stereocenters. The average molecular weight is 363 g/mol. The van der Waals surface area contributed by atoms with Crippen LogP contribution in [0.15, 0.2) is 47.4 Å². The van der Waals surface area contributed by atoms with Gasteiger partial charge in [-0.15, -0.1) is 0 Å². The summed E-state index contributed by atoms with van der Waals surface area (Å²) in [5.41, 5.74) is 1.18. The summed E-state index contributed by atoms with van der Waals surface area (Å²) in [5.74, 6) is 0. The van der Waals surface area contributed by atoms with Crippen molar-refractivity contribution in [1.29, 1.82) is 0 Å². The van der Waals surface area contributed by atoms with Crippen molar-refractivity contribution < 1.29 is 22.5 Å². The Kier molecular flexibility index (Phi) is 5.20. The molecule has 1 amide bonds. The van der Waals surface area contributed by atoms with Gasteiger partial charge in [-0.25, -0.2) is 4.79 Å². The molecule has 0 fully saturated rings. The molecule has 6 nitrogen and oxygen atoms in total. The zero-order valence-corrected chi connectivity index (χ0v) is 15.3. The molecule has 0 saturated carbocycles. The van der Waals surface area contributed by atoms with Gasteiger partial charge in [0.2, 0.25) is 0 Å². The maximum absolute atomic E-state index is 12.2. The third kappa shape index (κ3) is 4.80. The molecule has 25 heavy (non-hydrogen) atoms. The van der Waals surface area contributed by atoms with Gasteiger partial charge < -0.3 is 4.74 Å². The van der Waals surface area contributed by atoms with Gasteiger partial charge in [0.25, 0.3) is 10.1 Å². The molecule has 0 bridgehead atoms. The van der Waals surface area contributed by atoms with Gasteiger partial charge in [-0.05, 0) is 44.9 Å². The molecule has 0 saturated heterocycles. The lowest BCUT2D eigenvalue weighted by molar-refractivity contribution is 0.0635. The van der Waals surface area contributed by atoms with Gasteiger partial charge in [0.1, 0.15) is 10.5 Å². The Morgan fingerprint density at radius 2 is 1.68 bits per heavy atom. The second-order valence-electron chi connectivity index (χ2n) is 6.60. The third-order valence-corrected chi connectivity index (χ3v) is 4.24. The summed E-state index contributed by atoms with van der Waals surface area (Å²) >= 11 is 0. The fourth-order valence-corrected chi connectivity index (χ4v) is 3.06. The summed E-state index contributed by atoms with van der Waals surface area (Å²) in [4.78, 5) is 11.8. The normalized spacial score (nSPS) is 11.9. The van der Waals surface area contributed by atoms with Crippen molar-refractivity contribution in [2.75, 3.05) is 5.32 Å². The smallest absolute Gasteiger partial charge is 0.412 e. The highest BCUT2D eigenvalue weighted by Crippen LogP contribution is 2.36. The van der Waals surface area contributed by atoms with E-state index in [2.05, 4.69) is 5.32 Å². The highest BCUT2D eigenvalue weighted by molar-refractivity contribution is 7.86. The number of amides is 1. The number of rotatable bonds is 3. The number of hydrogen-bond acceptors (Lipinski definition) is 4. The number of anilines is 1. The van der Waals surface area contributed by atoms with Crippen LogP contribution in [0.1, 0.15) is 26.3 Å². The molecule has 2 rings (SSSR count). The maximum atomic E-state index is 12.2. The molecule has 2 aromatic carbocycles. The van der Waals surface area contributed by atoms with Crippen LogP contribution in [0.3, 0.4) is 0 Å². The second kappa shape index (κ2) is 6.85. The fourth-order valence-electron chi connectivity index (χ4n) is 2.41. The van der Waals surface area contributed by atoms with E-state index < -0.39 is 21.8 Å². The quantitative estimate of drug-likeness (QED) is 0.795. The Bertz CT molecular complexity index is 884. The molecule has 0 heterocycles. The van der Waals surface area contributed by atoms with E-state index in [1.54, 1.807) is 58.0 Å². The first-order valence-corrected chi connectivity index (χ1v) is 9.09. The maximum Gasteiger partial charge on any atom is 0.412 e. The molecular weight excluding hydrogens is 342 g/mol. The number of hydrogen-bond donors (Lipinski definition) is 2. The van der Waals surface area contributed by atoms with E-state index in [-0.39, 0.29) is 10.6 Å². The zero-order valence-electron chi connectivity index (χ0n) is 14.5. The van der Waals surface area contributed by atoms with Crippen LogP contribution in [0.2, 0.25) is 0 Å². The van der Waals surface area contributed by atoms with E-state index in [0.717, 1.165) is 5.56 Å². The van der Waals surface area contributed by atoms with E-state index in [1.807, 2.05) is 6.07 Å². The van der Waals surface area contributed by atoms with Crippen LogP contribution in [0, 0.1) is 6.92 Å². The van der Waals surface area contributed by atoms with Crippen molar-refractivity contribution in [3.05, 3.63) is 48.0 Å². The predicted octanol–water partition coefficient (Wildman–Crippen LogP) is 4.26. The van der Waals surface area contributed by atoms with Gasteiger partial charge in [-0.2, -0.15) is 8.42 Å². The summed E-state index contributed by atoms with van der Waals surface area (Å²) < 4.78 is 38.3. The minimum absolute atomic E-state index is 0.0112. The summed E-state index contributed by atoms with van der Waals surface area (Å²) in [6, 6.07) is 11.8. The van der Waals surface area contributed by atoms with Crippen LogP contribution in [0.4, 0.5) is 10.5 Å². The van der Waals surface area contributed by atoms with E-state index in [9.17, 15) is 17.8 Å². The van der Waals surface area contributed by atoms with Crippen molar-refractivity contribution in [3.63, 3.8) is 0 Å². The van der Waals surface area contributed by atoms with Crippen molar-refractivity contribution in [1.82, 2.24) is 0 Å². The molecule has 0 atom stereocenters. The van der Waals surface area contributed by atoms with Crippen LogP contribution in [0.5, 0.6) is 0 Å². The Balaban J connectivity index is 2.65. The van der Waals surface area contributed by atoms with Gasteiger partial charge in [0.15, 0.2) is 0 Å². The number of nitrogens with one attached hydrogen (secondary N) is 1. The lowest BCUT2D eigenvalue weighted by atomic mass is 9.98. The molecule has 0 aliphatic carbocycles. The average Bonchev–Trinajstić information content (AvgIpc) is 2.45. The standard InChI is InChI=1S/C18H21NO5S/c1-12-10-11-14(25(21,22)23)16(19-17(20)24-18(2,3)4)15(12)13-8-6-5-7-9-13/h5-11H,1-4H3,(H,19,20)(H,21,22,23). The molecule has 2 aromatic rings. The first-order chi connectivity index (χ1) is 11.5. The van der Waals surface area contributed by atoms with E-state index in [0.29, 0.717) is 11.1 Å². The third-order valence-electron chi connectivity index (χ3n) is 3.34. The Morgan fingerprint density at radius 1 is 1.08 bits per heavy atom. The largest absolute Gasteiger partial charge is 0.444 e. The van der Waals surface area contributed by atoms with Gasteiger partial charge in [0, 0.05) is 5.56 Å². The summed E-state index contributed by atoms with van der Waals surface area (Å²) in [5, 5.41) is 2.48. The van der Waals surface area contributed by atoms with Crippen LogP contribution < -0.4 is 5.32 Å². The van der Waals surface area contributed by atoms with E-state index in [4.69, 9.17) is 4.74 Å². The van der Waals surface area contributed by atoms with Crippen LogP contribution in [-0.2, 0) is 14.9 Å². The predicted molar refractivity (Wildman–Crippen MR) is 96.3 cm³/mol. The number of carbonyl (C=O) groups is 1. The lowest BCUT2D eigenvalue weighted by Crippen LogP contribution is -2.28. The summed E-state index contributed by atoms with van der Waals surface area (Å²) in [7, 11) is -4.54. The minimum Gasteiger partial charge on any atom is -0.444 e. The molecule has 0 aromatic heterocycles. The van der Waals surface area contributed by atoms with Gasteiger partial charge in [-0.1, -0.05) is 36.4 Å². The molecule has 0 aliphatic heterocycles.